The van der Waals surface area contributed by atoms with Crippen molar-refractivity contribution in [2.45, 2.75) is 30.4 Å². The van der Waals surface area contributed by atoms with Crippen molar-refractivity contribution in [2.24, 2.45) is 0 Å². The molecule has 5 aromatic rings. The fraction of sp³-hybridized carbons (Fsp3) is 0.143. The number of ether oxygens (including phenoxy) is 1. The molecular weight excluding hydrogens is 624 g/mol. The Kier molecular flexibility index (Phi) is 10.8. The number of benzene rings is 4. The molecule has 11 heteroatoms. The molecule has 0 fully saturated rings. The van der Waals surface area contributed by atoms with Crippen molar-refractivity contribution in [1.82, 2.24) is 10.3 Å². The van der Waals surface area contributed by atoms with E-state index in [9.17, 15) is 18.8 Å². The molecule has 0 spiro atoms. The predicted molar refractivity (Wildman–Crippen MR) is 183 cm³/mol. The van der Waals surface area contributed by atoms with E-state index in [1.165, 1.54) is 53.4 Å². The van der Waals surface area contributed by atoms with Gasteiger partial charge in [-0.15, -0.1) is 11.8 Å². The number of thiazole rings is 1. The summed E-state index contributed by atoms with van der Waals surface area (Å²) in [7, 11) is 0. The van der Waals surface area contributed by atoms with Gasteiger partial charge < -0.3 is 20.7 Å². The molecule has 3 amide bonds. The van der Waals surface area contributed by atoms with Crippen molar-refractivity contribution in [2.75, 3.05) is 17.2 Å². The zero-order valence-electron chi connectivity index (χ0n) is 25.1. The molecule has 0 aliphatic carbocycles. The number of fused-ring (bicyclic) bond motifs is 1. The van der Waals surface area contributed by atoms with Gasteiger partial charge in [-0.1, -0.05) is 54.7 Å². The SMILES string of the molecule is CCOc1ccc2nc(NC(=O)C(CC)Sc3cccc(NC(=O)/C(=C/c4ccc(F)cc4)NC(=O)c4ccccc4)c3)sc2c1. The molecule has 1 aromatic heterocycles. The number of carbonyl (C=O) groups is 3. The Morgan fingerprint density at radius 1 is 0.935 bits per heavy atom. The number of carbonyl (C=O) groups excluding carboxylic acids is 3. The zero-order valence-corrected chi connectivity index (χ0v) is 26.7. The summed E-state index contributed by atoms with van der Waals surface area (Å²) in [5.74, 6) is -0.876. The summed E-state index contributed by atoms with van der Waals surface area (Å²) in [6.45, 7) is 4.41. The average molecular weight is 655 g/mol. The van der Waals surface area contributed by atoms with Crippen molar-refractivity contribution in [1.29, 1.82) is 0 Å². The molecule has 0 saturated heterocycles. The van der Waals surface area contributed by atoms with E-state index in [0.717, 1.165) is 20.9 Å². The standard InChI is InChI=1S/C35H31FN4O4S2/c1-3-30(34(43)40-35-39-28-18-17-26(44-4-2)21-31(28)46-35)45-27-12-8-11-25(20-27)37-33(42)29(19-22-13-15-24(36)16-14-22)38-32(41)23-9-6-5-7-10-23/h5-21,30H,3-4H2,1-2H3,(H,37,42)(H,38,41)(H,39,40,43)/b29-19-. The highest BCUT2D eigenvalue weighted by Crippen LogP contribution is 2.32. The average Bonchev–Trinajstić information content (AvgIpc) is 3.46. The van der Waals surface area contributed by atoms with Crippen LogP contribution in [-0.4, -0.2) is 34.6 Å². The van der Waals surface area contributed by atoms with E-state index in [4.69, 9.17) is 4.74 Å². The molecule has 3 N–H and O–H groups in total. The summed E-state index contributed by atoms with van der Waals surface area (Å²) in [5.41, 5.74) is 2.14. The van der Waals surface area contributed by atoms with Crippen LogP contribution >= 0.6 is 23.1 Å². The van der Waals surface area contributed by atoms with Gasteiger partial charge in [0.05, 0.1) is 22.1 Å². The third-order valence-corrected chi connectivity index (χ3v) is 8.94. The van der Waals surface area contributed by atoms with E-state index in [1.807, 2.05) is 38.1 Å². The van der Waals surface area contributed by atoms with Crippen LogP contribution in [0.15, 0.2) is 108 Å². The molecule has 234 valence electrons. The van der Waals surface area contributed by atoms with Gasteiger partial charge in [0.1, 0.15) is 17.3 Å². The smallest absolute Gasteiger partial charge is 0.272 e. The highest BCUT2D eigenvalue weighted by Gasteiger charge is 2.21. The lowest BCUT2D eigenvalue weighted by atomic mass is 10.1. The lowest BCUT2D eigenvalue weighted by molar-refractivity contribution is -0.116. The van der Waals surface area contributed by atoms with Crippen LogP contribution in [0.2, 0.25) is 0 Å². The van der Waals surface area contributed by atoms with Gasteiger partial charge in [-0.3, -0.25) is 14.4 Å². The van der Waals surface area contributed by atoms with Crippen LogP contribution in [0.25, 0.3) is 16.3 Å². The Labute approximate surface area is 274 Å². The van der Waals surface area contributed by atoms with E-state index < -0.39 is 22.9 Å². The maximum absolute atomic E-state index is 13.5. The minimum absolute atomic E-state index is 0.0199. The van der Waals surface area contributed by atoms with E-state index in [-0.39, 0.29) is 11.6 Å². The number of rotatable bonds is 12. The summed E-state index contributed by atoms with van der Waals surface area (Å²) in [6, 6.07) is 26.8. The van der Waals surface area contributed by atoms with Gasteiger partial charge >= 0.3 is 0 Å². The second-order valence-corrected chi connectivity index (χ2v) is 12.3. The van der Waals surface area contributed by atoms with Gasteiger partial charge in [-0.05, 0) is 85.6 Å². The number of nitrogens with zero attached hydrogens (tertiary/aromatic N) is 1. The van der Waals surface area contributed by atoms with Gasteiger partial charge in [0.15, 0.2) is 5.13 Å². The molecule has 1 atom stereocenters. The topological polar surface area (TPSA) is 109 Å². The minimum atomic E-state index is -0.566. The quantitative estimate of drug-likeness (QED) is 0.0938. The molecular formula is C35H31FN4O4S2. The summed E-state index contributed by atoms with van der Waals surface area (Å²) < 4.78 is 20.0. The van der Waals surface area contributed by atoms with E-state index in [2.05, 4.69) is 20.9 Å². The number of aromatic nitrogens is 1. The number of anilines is 2. The maximum atomic E-state index is 13.5. The number of halogens is 1. The van der Waals surface area contributed by atoms with E-state index >= 15 is 0 Å². The summed E-state index contributed by atoms with van der Waals surface area (Å²) in [4.78, 5) is 44.9. The summed E-state index contributed by atoms with van der Waals surface area (Å²) in [5, 5.41) is 8.53. The van der Waals surface area contributed by atoms with Crippen molar-refractivity contribution in [3.63, 3.8) is 0 Å². The van der Waals surface area contributed by atoms with Crippen LogP contribution < -0.4 is 20.7 Å². The second-order valence-electron chi connectivity index (χ2n) is 10.00. The van der Waals surface area contributed by atoms with Crippen LogP contribution in [0.4, 0.5) is 15.2 Å². The van der Waals surface area contributed by atoms with Crippen LogP contribution in [0, 0.1) is 5.82 Å². The monoisotopic (exact) mass is 654 g/mol. The molecule has 0 radical (unpaired) electrons. The fourth-order valence-electron chi connectivity index (χ4n) is 4.40. The molecule has 1 heterocycles. The number of amides is 3. The molecule has 0 saturated carbocycles. The van der Waals surface area contributed by atoms with Gasteiger partial charge in [-0.25, -0.2) is 9.37 Å². The van der Waals surface area contributed by atoms with Crippen molar-refractivity contribution >= 4 is 67.9 Å². The van der Waals surface area contributed by atoms with Crippen LogP contribution in [0.5, 0.6) is 5.75 Å². The van der Waals surface area contributed by atoms with Gasteiger partial charge in [0, 0.05) is 16.1 Å². The lowest BCUT2D eigenvalue weighted by Crippen LogP contribution is -2.30. The Hall–Kier alpha value is -5.00. The van der Waals surface area contributed by atoms with Crippen LogP contribution in [0.1, 0.15) is 36.2 Å². The first kappa shape index (κ1) is 32.4. The van der Waals surface area contributed by atoms with E-state index in [1.54, 1.807) is 48.5 Å². The molecule has 8 nitrogen and oxygen atoms in total. The van der Waals surface area contributed by atoms with Gasteiger partial charge in [0.25, 0.3) is 11.8 Å². The number of hydrogen-bond donors (Lipinski definition) is 3. The first-order valence-electron chi connectivity index (χ1n) is 14.6. The Morgan fingerprint density at radius 3 is 2.46 bits per heavy atom. The number of nitrogens with one attached hydrogen (secondary N) is 3. The fourth-order valence-corrected chi connectivity index (χ4v) is 6.31. The largest absolute Gasteiger partial charge is 0.494 e. The molecule has 1 unspecified atom stereocenters. The highest BCUT2D eigenvalue weighted by molar-refractivity contribution is 8.00. The molecule has 0 aliphatic heterocycles. The zero-order chi connectivity index (χ0) is 32.5. The molecule has 0 aliphatic rings. The second kappa shape index (κ2) is 15.3. The first-order valence-corrected chi connectivity index (χ1v) is 16.3. The van der Waals surface area contributed by atoms with E-state index in [0.29, 0.717) is 35.0 Å². The Bertz CT molecular complexity index is 1880. The maximum Gasteiger partial charge on any atom is 0.272 e. The van der Waals surface area contributed by atoms with Gasteiger partial charge in [0.2, 0.25) is 5.91 Å². The van der Waals surface area contributed by atoms with Crippen LogP contribution in [0.3, 0.4) is 0 Å². The normalized spacial score (nSPS) is 11.9. The van der Waals surface area contributed by atoms with Crippen molar-refractivity contribution in [3.05, 3.63) is 120 Å². The predicted octanol–water partition coefficient (Wildman–Crippen LogP) is 7.75. The van der Waals surface area contributed by atoms with Gasteiger partial charge in [-0.2, -0.15) is 0 Å². The summed E-state index contributed by atoms with van der Waals surface area (Å²) >= 11 is 2.75. The Balaban J connectivity index is 1.28. The molecule has 5 rings (SSSR count). The highest BCUT2D eigenvalue weighted by atomic mass is 32.2. The lowest BCUT2D eigenvalue weighted by Gasteiger charge is -2.15. The summed E-state index contributed by atoms with van der Waals surface area (Å²) in [6.07, 6.45) is 2.04. The first-order chi connectivity index (χ1) is 22.3. The Morgan fingerprint density at radius 2 is 1.72 bits per heavy atom. The minimum Gasteiger partial charge on any atom is -0.494 e. The van der Waals surface area contributed by atoms with Crippen molar-refractivity contribution in [3.8, 4) is 5.75 Å². The number of hydrogen-bond acceptors (Lipinski definition) is 7. The van der Waals surface area contributed by atoms with Crippen molar-refractivity contribution < 1.29 is 23.5 Å². The molecule has 4 aromatic carbocycles. The van der Waals surface area contributed by atoms with Crippen LogP contribution in [-0.2, 0) is 9.59 Å². The molecule has 46 heavy (non-hydrogen) atoms. The number of thioether (sulfide) groups is 1. The third-order valence-electron chi connectivity index (χ3n) is 6.64. The molecule has 0 bridgehead atoms. The third kappa shape index (κ3) is 8.58.